The molecule has 2 aromatic rings. The molecule has 2 rings (SSSR count). The van der Waals surface area contributed by atoms with Crippen molar-refractivity contribution in [1.82, 2.24) is 4.98 Å². The Hall–Kier alpha value is -0.680. The van der Waals surface area contributed by atoms with Gasteiger partial charge in [-0.1, -0.05) is 35.7 Å². The summed E-state index contributed by atoms with van der Waals surface area (Å²) in [5.74, 6) is 0. The number of thioether (sulfide) groups is 3. The van der Waals surface area contributed by atoms with Crippen LogP contribution in [0.1, 0.15) is 0 Å². The zero-order valence-corrected chi connectivity index (χ0v) is 12.8. The quantitative estimate of drug-likeness (QED) is 0.278. The highest BCUT2D eigenvalue weighted by molar-refractivity contribution is 8.41. The van der Waals surface area contributed by atoms with Crippen molar-refractivity contribution < 1.29 is 0 Å². The number of thiazole rings is 1. The summed E-state index contributed by atoms with van der Waals surface area (Å²) in [6.07, 6.45) is 3.74. The Kier molecular flexibility index (Phi) is 5.38. The number of nitriles is 1. The smallest absolute Gasteiger partial charge is 0.207 e. The van der Waals surface area contributed by atoms with Crippen LogP contribution in [0.5, 0.6) is 0 Å². The lowest BCUT2D eigenvalue weighted by Crippen LogP contribution is -1.83. The van der Waals surface area contributed by atoms with Crippen LogP contribution in [0, 0.1) is 11.5 Å². The van der Waals surface area contributed by atoms with E-state index in [9.17, 15) is 0 Å². The summed E-state index contributed by atoms with van der Waals surface area (Å²) in [5, 5.41) is 9.32. The SMILES string of the molecule is CSC(=NC#N)SCSc1nc2ccccc2s1. The Bertz CT molecular complexity index is 567. The summed E-state index contributed by atoms with van der Waals surface area (Å²) in [6, 6.07) is 8.12. The second-order valence-corrected chi connectivity index (χ2v) is 7.67. The number of hydrogen-bond donors (Lipinski definition) is 0. The molecule has 92 valence electrons. The minimum Gasteiger partial charge on any atom is -0.230 e. The van der Waals surface area contributed by atoms with Crippen molar-refractivity contribution in [2.75, 3.05) is 11.3 Å². The third kappa shape index (κ3) is 3.65. The maximum absolute atomic E-state index is 8.50. The number of nitrogens with zero attached hydrogens (tertiary/aromatic N) is 3. The third-order valence-electron chi connectivity index (χ3n) is 1.95. The lowest BCUT2D eigenvalue weighted by atomic mass is 10.3. The van der Waals surface area contributed by atoms with Crippen molar-refractivity contribution in [1.29, 1.82) is 5.26 Å². The van der Waals surface area contributed by atoms with Gasteiger partial charge in [0.25, 0.3) is 0 Å². The van der Waals surface area contributed by atoms with Gasteiger partial charge in [-0.3, -0.25) is 0 Å². The maximum atomic E-state index is 8.50. The van der Waals surface area contributed by atoms with Gasteiger partial charge in [0.05, 0.1) is 15.3 Å². The van der Waals surface area contributed by atoms with Crippen molar-refractivity contribution >= 4 is 61.2 Å². The van der Waals surface area contributed by atoms with Gasteiger partial charge in [0, 0.05) is 0 Å². The Labute approximate surface area is 122 Å². The number of benzene rings is 1. The lowest BCUT2D eigenvalue weighted by Gasteiger charge is -1.97. The molecular formula is C11H9N3S4. The first kappa shape index (κ1) is 13.7. The van der Waals surface area contributed by atoms with Crippen molar-refractivity contribution in [2.24, 2.45) is 4.99 Å². The van der Waals surface area contributed by atoms with Crippen LogP contribution >= 0.6 is 46.6 Å². The molecule has 0 aliphatic heterocycles. The van der Waals surface area contributed by atoms with E-state index in [-0.39, 0.29) is 0 Å². The maximum Gasteiger partial charge on any atom is 0.207 e. The fourth-order valence-corrected chi connectivity index (χ4v) is 5.20. The molecule has 1 aromatic carbocycles. The molecule has 0 aliphatic rings. The summed E-state index contributed by atoms with van der Waals surface area (Å²) in [4.78, 5) is 8.27. The van der Waals surface area contributed by atoms with Crippen LogP contribution < -0.4 is 0 Å². The van der Waals surface area contributed by atoms with Gasteiger partial charge in [-0.25, -0.2) is 4.98 Å². The highest BCUT2D eigenvalue weighted by Gasteiger charge is 2.05. The molecule has 0 unspecified atom stereocenters. The van der Waals surface area contributed by atoms with E-state index in [1.807, 2.05) is 30.6 Å². The average molecular weight is 311 g/mol. The van der Waals surface area contributed by atoms with Crippen LogP contribution in [0.3, 0.4) is 0 Å². The minimum absolute atomic E-state index is 0.797. The molecule has 7 heteroatoms. The van der Waals surface area contributed by atoms with Gasteiger partial charge in [0.1, 0.15) is 4.38 Å². The zero-order valence-electron chi connectivity index (χ0n) is 9.49. The molecule has 0 aliphatic carbocycles. The first-order valence-electron chi connectivity index (χ1n) is 4.95. The zero-order chi connectivity index (χ0) is 12.8. The van der Waals surface area contributed by atoms with E-state index in [1.165, 1.54) is 16.5 Å². The van der Waals surface area contributed by atoms with Crippen molar-refractivity contribution in [3.63, 3.8) is 0 Å². The van der Waals surface area contributed by atoms with Crippen LogP contribution in [0.15, 0.2) is 33.6 Å². The second kappa shape index (κ2) is 7.04. The van der Waals surface area contributed by atoms with E-state index in [4.69, 9.17) is 5.26 Å². The molecule has 18 heavy (non-hydrogen) atoms. The Morgan fingerprint density at radius 1 is 1.50 bits per heavy atom. The molecule has 0 N–H and O–H groups in total. The largest absolute Gasteiger partial charge is 0.230 e. The summed E-state index contributed by atoms with van der Waals surface area (Å²) < 4.78 is 3.06. The van der Waals surface area contributed by atoms with E-state index in [2.05, 4.69) is 16.0 Å². The summed E-state index contributed by atoms with van der Waals surface area (Å²) in [6.45, 7) is 0. The standard InChI is InChI=1S/C11H9N3S4/c1-15-10(13-6-12)16-7-17-11-14-8-4-2-3-5-9(8)18-11/h2-5H,7H2,1H3. The Morgan fingerprint density at radius 3 is 3.06 bits per heavy atom. The predicted molar refractivity (Wildman–Crippen MR) is 84.5 cm³/mol. The number of para-hydroxylation sites is 1. The summed E-state index contributed by atoms with van der Waals surface area (Å²) in [5.41, 5.74) is 1.05. The molecule has 1 heterocycles. The molecule has 0 amide bonds. The molecule has 0 spiro atoms. The van der Waals surface area contributed by atoms with Gasteiger partial charge >= 0.3 is 0 Å². The van der Waals surface area contributed by atoms with E-state index in [0.29, 0.717) is 0 Å². The fourth-order valence-electron chi connectivity index (χ4n) is 1.22. The monoisotopic (exact) mass is 311 g/mol. The van der Waals surface area contributed by atoms with Crippen LogP contribution in [0.2, 0.25) is 0 Å². The number of fused-ring (bicyclic) bond motifs is 1. The molecular weight excluding hydrogens is 302 g/mol. The van der Waals surface area contributed by atoms with Crippen LogP contribution in [-0.2, 0) is 0 Å². The molecule has 3 nitrogen and oxygen atoms in total. The van der Waals surface area contributed by atoms with E-state index in [0.717, 1.165) is 19.3 Å². The van der Waals surface area contributed by atoms with E-state index >= 15 is 0 Å². The van der Waals surface area contributed by atoms with Crippen molar-refractivity contribution in [2.45, 2.75) is 4.34 Å². The van der Waals surface area contributed by atoms with Crippen molar-refractivity contribution in [3.05, 3.63) is 24.3 Å². The molecule has 1 aromatic heterocycles. The minimum atomic E-state index is 0.797. The van der Waals surface area contributed by atoms with Crippen LogP contribution in [0.4, 0.5) is 0 Å². The highest BCUT2D eigenvalue weighted by atomic mass is 32.2. The fraction of sp³-hybridized carbons (Fsp3) is 0.182. The van der Waals surface area contributed by atoms with Gasteiger partial charge in [-0.05, 0) is 18.4 Å². The first-order chi connectivity index (χ1) is 8.83. The third-order valence-corrected chi connectivity index (χ3v) is 6.30. The number of rotatable bonds is 3. The van der Waals surface area contributed by atoms with E-state index < -0.39 is 0 Å². The van der Waals surface area contributed by atoms with E-state index in [1.54, 1.807) is 34.9 Å². The summed E-state index contributed by atoms with van der Waals surface area (Å²) >= 11 is 6.44. The van der Waals surface area contributed by atoms with Gasteiger partial charge in [0.2, 0.25) is 6.19 Å². The number of aliphatic imine (C=N–C) groups is 1. The summed E-state index contributed by atoms with van der Waals surface area (Å²) in [7, 11) is 0. The molecule has 0 bridgehead atoms. The molecule has 0 atom stereocenters. The Balaban J connectivity index is 1.94. The second-order valence-electron chi connectivity index (χ2n) is 3.04. The number of hydrogen-bond acceptors (Lipinski definition) is 7. The van der Waals surface area contributed by atoms with Gasteiger partial charge in [-0.15, -0.1) is 23.1 Å². The number of aromatic nitrogens is 1. The normalized spacial score (nSPS) is 11.7. The predicted octanol–water partition coefficient (Wildman–Crippen LogP) is 4.28. The van der Waals surface area contributed by atoms with Crippen LogP contribution in [0.25, 0.3) is 10.2 Å². The molecule has 0 radical (unpaired) electrons. The van der Waals surface area contributed by atoms with Gasteiger partial charge in [-0.2, -0.15) is 10.3 Å². The van der Waals surface area contributed by atoms with Gasteiger partial charge in [0.15, 0.2) is 4.34 Å². The first-order valence-corrected chi connectivity index (χ1v) is 8.96. The molecule has 0 saturated heterocycles. The molecule has 0 fully saturated rings. The molecule has 0 saturated carbocycles. The van der Waals surface area contributed by atoms with Gasteiger partial charge < -0.3 is 0 Å². The van der Waals surface area contributed by atoms with Crippen molar-refractivity contribution in [3.8, 4) is 6.19 Å². The van der Waals surface area contributed by atoms with Crippen LogP contribution in [-0.4, -0.2) is 20.7 Å². The Morgan fingerprint density at radius 2 is 2.33 bits per heavy atom. The topological polar surface area (TPSA) is 49.0 Å². The average Bonchev–Trinajstić information content (AvgIpc) is 2.80. The lowest BCUT2D eigenvalue weighted by molar-refractivity contribution is 1.31. The highest BCUT2D eigenvalue weighted by Crippen LogP contribution is 2.32.